The predicted octanol–water partition coefficient (Wildman–Crippen LogP) is 4.53. The van der Waals surface area contributed by atoms with E-state index in [4.69, 9.17) is 0 Å². The molecule has 2 aromatic rings. The largest absolute Gasteiger partial charge is 0.142 e. The highest BCUT2D eigenvalue weighted by Gasteiger charge is 2.04. The van der Waals surface area contributed by atoms with Crippen molar-refractivity contribution in [3.05, 3.63) is 33.1 Å². The number of fused-ring (bicyclic) bond motifs is 1. The maximum Gasteiger partial charge on any atom is 0.0383 e. The van der Waals surface area contributed by atoms with E-state index in [0.29, 0.717) is 0 Å². The summed E-state index contributed by atoms with van der Waals surface area (Å²) in [6.45, 7) is 4.38. The summed E-state index contributed by atoms with van der Waals surface area (Å²) in [4.78, 5) is 0. The number of thiophene rings is 1. The van der Waals surface area contributed by atoms with E-state index in [1.54, 1.807) is 0 Å². The van der Waals surface area contributed by atoms with E-state index in [-0.39, 0.29) is 0 Å². The third kappa shape index (κ3) is 1.53. The van der Waals surface area contributed by atoms with Crippen LogP contribution in [0.5, 0.6) is 0 Å². The number of hydrogen-bond acceptors (Lipinski definition) is 1. The molecule has 0 amide bonds. The molecular weight excluding hydrogens is 244 g/mol. The van der Waals surface area contributed by atoms with E-state index in [1.807, 2.05) is 11.3 Å². The first-order valence-electron chi connectivity index (χ1n) is 4.38. The van der Waals surface area contributed by atoms with Crippen LogP contribution in [0.25, 0.3) is 10.1 Å². The van der Waals surface area contributed by atoms with Gasteiger partial charge >= 0.3 is 0 Å². The fraction of sp³-hybridized carbons (Fsp3) is 0.273. The maximum atomic E-state index is 3.57. The molecular formula is C11H11BrS. The number of hydrogen-bond donors (Lipinski definition) is 0. The first-order valence-corrected chi connectivity index (χ1v) is 6.06. The number of benzene rings is 1. The van der Waals surface area contributed by atoms with Gasteiger partial charge in [-0.15, -0.1) is 11.3 Å². The van der Waals surface area contributed by atoms with Crippen LogP contribution in [0.15, 0.2) is 22.0 Å². The lowest BCUT2D eigenvalue weighted by Gasteiger charge is -2.01. The van der Waals surface area contributed by atoms with Crippen molar-refractivity contribution >= 4 is 37.4 Å². The first kappa shape index (κ1) is 9.22. The summed E-state index contributed by atoms with van der Waals surface area (Å²) in [5.41, 5.74) is 2.81. The molecule has 0 saturated carbocycles. The van der Waals surface area contributed by atoms with Gasteiger partial charge in [0.1, 0.15) is 0 Å². The Bertz CT molecular complexity index is 443. The van der Waals surface area contributed by atoms with Gasteiger partial charge in [0.2, 0.25) is 0 Å². The molecule has 1 aromatic carbocycles. The molecule has 13 heavy (non-hydrogen) atoms. The molecule has 2 rings (SSSR count). The summed E-state index contributed by atoms with van der Waals surface area (Å²) in [5.74, 6) is 0. The van der Waals surface area contributed by atoms with Crippen LogP contribution in [0.1, 0.15) is 18.1 Å². The van der Waals surface area contributed by atoms with E-state index < -0.39 is 0 Å². The van der Waals surface area contributed by atoms with Gasteiger partial charge in [0.25, 0.3) is 0 Å². The molecule has 0 unspecified atom stereocenters. The van der Waals surface area contributed by atoms with Crippen molar-refractivity contribution in [1.82, 2.24) is 0 Å². The minimum absolute atomic E-state index is 1.11. The first-order chi connectivity index (χ1) is 6.22. The number of rotatable bonds is 1. The van der Waals surface area contributed by atoms with Crippen LogP contribution in [0.2, 0.25) is 0 Å². The van der Waals surface area contributed by atoms with E-state index in [2.05, 4.69) is 47.3 Å². The molecule has 68 valence electrons. The van der Waals surface area contributed by atoms with Crippen LogP contribution < -0.4 is 0 Å². The summed E-state index contributed by atoms with van der Waals surface area (Å²) < 4.78 is 2.63. The van der Waals surface area contributed by atoms with Crippen molar-refractivity contribution in [2.75, 3.05) is 0 Å². The predicted molar refractivity (Wildman–Crippen MR) is 63.6 cm³/mol. The third-order valence-corrected chi connectivity index (χ3v) is 4.37. The lowest BCUT2D eigenvalue weighted by Crippen LogP contribution is -1.81. The zero-order valence-corrected chi connectivity index (χ0v) is 10.1. The molecule has 0 aliphatic heterocycles. The van der Waals surface area contributed by atoms with E-state index in [9.17, 15) is 0 Å². The molecule has 0 aliphatic carbocycles. The Balaban J connectivity index is 2.80. The maximum absolute atomic E-state index is 3.57. The normalized spacial score (nSPS) is 11.0. The van der Waals surface area contributed by atoms with Crippen LogP contribution >= 0.6 is 27.3 Å². The lowest BCUT2D eigenvalue weighted by molar-refractivity contribution is 1.14. The smallest absolute Gasteiger partial charge is 0.0383 e. The monoisotopic (exact) mass is 254 g/mol. The second kappa shape index (κ2) is 3.43. The van der Waals surface area contributed by atoms with E-state index in [0.717, 1.165) is 6.42 Å². The zero-order valence-electron chi connectivity index (χ0n) is 7.73. The third-order valence-electron chi connectivity index (χ3n) is 2.28. The molecule has 0 spiro atoms. The average Bonchev–Trinajstić information content (AvgIpc) is 2.48. The standard InChI is InChI=1S/C11H11BrS/c1-3-8-4-7(2)11-9(5-8)10(12)6-13-11/h4-6H,3H2,1-2H3. The van der Waals surface area contributed by atoms with Gasteiger partial charge in [-0.2, -0.15) is 0 Å². The molecule has 0 atom stereocenters. The van der Waals surface area contributed by atoms with Crippen molar-refractivity contribution < 1.29 is 0 Å². The molecule has 1 aromatic heterocycles. The SMILES string of the molecule is CCc1cc(C)c2scc(Br)c2c1. The summed E-state index contributed by atoms with van der Waals surface area (Å²) in [5, 5.41) is 3.53. The Labute approximate surface area is 90.7 Å². The second-order valence-electron chi connectivity index (χ2n) is 3.23. The molecule has 0 bridgehead atoms. The van der Waals surface area contributed by atoms with Crippen molar-refractivity contribution in [3.63, 3.8) is 0 Å². The van der Waals surface area contributed by atoms with Gasteiger partial charge < -0.3 is 0 Å². The summed E-state index contributed by atoms with van der Waals surface area (Å²) in [6.07, 6.45) is 1.11. The van der Waals surface area contributed by atoms with E-state index in [1.165, 1.54) is 25.7 Å². The van der Waals surface area contributed by atoms with Crippen LogP contribution in [-0.2, 0) is 6.42 Å². The van der Waals surface area contributed by atoms with Crippen molar-refractivity contribution in [3.8, 4) is 0 Å². The second-order valence-corrected chi connectivity index (χ2v) is 4.96. The Morgan fingerprint density at radius 3 is 2.85 bits per heavy atom. The highest BCUT2D eigenvalue weighted by atomic mass is 79.9. The van der Waals surface area contributed by atoms with Crippen LogP contribution in [0.3, 0.4) is 0 Å². The lowest BCUT2D eigenvalue weighted by atomic mass is 10.1. The molecule has 0 aliphatic rings. The molecule has 0 fully saturated rings. The number of halogens is 1. The van der Waals surface area contributed by atoms with Gasteiger partial charge in [0.05, 0.1) is 0 Å². The molecule has 0 radical (unpaired) electrons. The highest BCUT2D eigenvalue weighted by molar-refractivity contribution is 9.10. The zero-order chi connectivity index (χ0) is 9.42. The minimum atomic E-state index is 1.11. The molecule has 0 nitrogen and oxygen atoms in total. The van der Waals surface area contributed by atoms with Crippen molar-refractivity contribution in [2.24, 2.45) is 0 Å². The summed E-state index contributed by atoms with van der Waals surface area (Å²) >= 11 is 5.39. The molecule has 0 N–H and O–H groups in total. The van der Waals surface area contributed by atoms with Crippen molar-refractivity contribution in [2.45, 2.75) is 20.3 Å². The average molecular weight is 255 g/mol. The molecule has 0 saturated heterocycles. The van der Waals surface area contributed by atoms with Gasteiger partial charge in [0, 0.05) is 19.9 Å². The van der Waals surface area contributed by atoms with Crippen LogP contribution in [0.4, 0.5) is 0 Å². The van der Waals surface area contributed by atoms with Gasteiger partial charge in [-0.3, -0.25) is 0 Å². The Morgan fingerprint density at radius 1 is 1.38 bits per heavy atom. The summed E-state index contributed by atoms with van der Waals surface area (Å²) in [6, 6.07) is 4.56. The Kier molecular flexibility index (Phi) is 2.43. The highest BCUT2D eigenvalue weighted by Crippen LogP contribution is 2.33. The van der Waals surface area contributed by atoms with Gasteiger partial charge in [-0.25, -0.2) is 0 Å². The number of aryl methyl sites for hydroxylation is 2. The Morgan fingerprint density at radius 2 is 2.15 bits per heavy atom. The minimum Gasteiger partial charge on any atom is -0.142 e. The van der Waals surface area contributed by atoms with Crippen LogP contribution in [0, 0.1) is 6.92 Å². The van der Waals surface area contributed by atoms with Crippen molar-refractivity contribution in [1.29, 1.82) is 0 Å². The molecule has 2 heteroatoms. The van der Waals surface area contributed by atoms with Gasteiger partial charge in [-0.1, -0.05) is 13.0 Å². The summed E-state index contributed by atoms with van der Waals surface area (Å²) in [7, 11) is 0. The fourth-order valence-corrected chi connectivity index (χ4v) is 3.17. The fourth-order valence-electron chi connectivity index (χ4n) is 1.56. The van der Waals surface area contributed by atoms with E-state index >= 15 is 0 Å². The topological polar surface area (TPSA) is 0 Å². The van der Waals surface area contributed by atoms with Crippen LogP contribution in [-0.4, -0.2) is 0 Å². The quantitative estimate of drug-likeness (QED) is 0.702. The Hall–Kier alpha value is -0.340. The molecule has 1 heterocycles. The van der Waals surface area contributed by atoms with Gasteiger partial charge in [-0.05, 0) is 46.5 Å². The van der Waals surface area contributed by atoms with Gasteiger partial charge in [0.15, 0.2) is 0 Å².